The van der Waals surface area contributed by atoms with Crippen molar-refractivity contribution in [3.63, 3.8) is 0 Å². The van der Waals surface area contributed by atoms with Crippen LogP contribution in [0.4, 0.5) is 0 Å². The summed E-state index contributed by atoms with van der Waals surface area (Å²) in [4.78, 5) is 15.5. The van der Waals surface area contributed by atoms with E-state index in [1.165, 1.54) is 5.56 Å². The van der Waals surface area contributed by atoms with E-state index in [0.717, 1.165) is 22.9 Å². The number of nitrogens with one attached hydrogen (secondary N) is 2. The Morgan fingerprint density at radius 1 is 1.05 bits per heavy atom. The molecule has 0 spiro atoms. The summed E-state index contributed by atoms with van der Waals surface area (Å²) in [5.74, 6) is -0.0420. The molecule has 21 heavy (non-hydrogen) atoms. The molecule has 0 fully saturated rings. The summed E-state index contributed by atoms with van der Waals surface area (Å²) in [6.07, 6.45) is 0.839. The number of rotatable bonds is 4. The van der Waals surface area contributed by atoms with Crippen LogP contribution in [0.25, 0.3) is 10.9 Å². The van der Waals surface area contributed by atoms with Gasteiger partial charge < -0.3 is 10.3 Å². The van der Waals surface area contributed by atoms with Gasteiger partial charge in [0.25, 0.3) is 5.91 Å². The van der Waals surface area contributed by atoms with Crippen LogP contribution in [0.15, 0.2) is 54.6 Å². The Balaban J connectivity index is 1.68. The SMILES string of the molecule is Cc1c(C(=O)NCCc2ccccc2)[nH]c2ccccc12. The van der Waals surface area contributed by atoms with Crippen LogP contribution in [-0.2, 0) is 6.42 Å². The molecule has 0 aliphatic rings. The van der Waals surface area contributed by atoms with Gasteiger partial charge in [-0.25, -0.2) is 0 Å². The lowest BCUT2D eigenvalue weighted by Crippen LogP contribution is -2.26. The minimum absolute atomic E-state index is 0.0420. The van der Waals surface area contributed by atoms with E-state index in [1.807, 2.05) is 49.4 Å². The molecule has 1 aromatic heterocycles. The van der Waals surface area contributed by atoms with Crippen LogP contribution >= 0.6 is 0 Å². The number of para-hydroxylation sites is 1. The first-order valence-electron chi connectivity index (χ1n) is 7.15. The summed E-state index contributed by atoms with van der Waals surface area (Å²) in [5.41, 5.74) is 3.89. The number of carbonyl (C=O) groups excluding carboxylic acids is 1. The number of carbonyl (C=O) groups is 1. The molecular weight excluding hydrogens is 260 g/mol. The number of benzene rings is 2. The van der Waals surface area contributed by atoms with Gasteiger partial charge in [0.05, 0.1) is 0 Å². The molecule has 0 saturated heterocycles. The third-order valence-corrected chi connectivity index (χ3v) is 3.73. The lowest BCUT2D eigenvalue weighted by Gasteiger charge is -2.05. The quantitative estimate of drug-likeness (QED) is 0.754. The molecule has 1 heterocycles. The van der Waals surface area contributed by atoms with Gasteiger partial charge in [0, 0.05) is 17.4 Å². The van der Waals surface area contributed by atoms with Crippen LogP contribution in [0.5, 0.6) is 0 Å². The van der Waals surface area contributed by atoms with Crippen molar-refractivity contribution in [1.29, 1.82) is 0 Å². The Labute approximate surface area is 124 Å². The number of aromatic nitrogens is 1. The van der Waals surface area contributed by atoms with Crippen molar-refractivity contribution in [3.05, 3.63) is 71.4 Å². The normalized spacial score (nSPS) is 10.7. The minimum atomic E-state index is -0.0420. The van der Waals surface area contributed by atoms with Crippen molar-refractivity contribution < 1.29 is 4.79 Å². The zero-order valence-electron chi connectivity index (χ0n) is 12.0. The zero-order valence-corrected chi connectivity index (χ0v) is 12.0. The van der Waals surface area contributed by atoms with Crippen LogP contribution in [0.2, 0.25) is 0 Å². The summed E-state index contributed by atoms with van der Waals surface area (Å²) in [6, 6.07) is 18.1. The smallest absolute Gasteiger partial charge is 0.268 e. The Bertz CT molecular complexity index is 759. The third kappa shape index (κ3) is 2.82. The Morgan fingerprint density at radius 3 is 2.52 bits per heavy atom. The second-order valence-corrected chi connectivity index (χ2v) is 5.16. The molecular formula is C18H18N2O. The number of hydrogen-bond acceptors (Lipinski definition) is 1. The molecule has 0 aliphatic heterocycles. The number of amides is 1. The highest BCUT2D eigenvalue weighted by Crippen LogP contribution is 2.20. The van der Waals surface area contributed by atoms with E-state index in [-0.39, 0.29) is 5.91 Å². The molecule has 3 aromatic rings. The Morgan fingerprint density at radius 2 is 1.76 bits per heavy atom. The topological polar surface area (TPSA) is 44.9 Å². The summed E-state index contributed by atoms with van der Waals surface area (Å²) in [6.45, 7) is 2.61. The van der Waals surface area contributed by atoms with Crippen molar-refractivity contribution in [3.8, 4) is 0 Å². The van der Waals surface area contributed by atoms with E-state index < -0.39 is 0 Å². The average Bonchev–Trinajstić information content (AvgIpc) is 2.86. The maximum atomic E-state index is 12.3. The van der Waals surface area contributed by atoms with Gasteiger partial charge in [-0.2, -0.15) is 0 Å². The highest BCUT2D eigenvalue weighted by Gasteiger charge is 2.13. The molecule has 2 N–H and O–H groups in total. The largest absolute Gasteiger partial charge is 0.350 e. The van der Waals surface area contributed by atoms with Gasteiger partial charge in [0.15, 0.2) is 0 Å². The summed E-state index contributed by atoms with van der Waals surface area (Å²) >= 11 is 0. The van der Waals surface area contributed by atoms with Crippen LogP contribution in [0.3, 0.4) is 0 Å². The van der Waals surface area contributed by atoms with Crippen LogP contribution in [0.1, 0.15) is 21.6 Å². The van der Waals surface area contributed by atoms with E-state index in [2.05, 4.69) is 22.4 Å². The fraction of sp³-hybridized carbons (Fsp3) is 0.167. The molecule has 1 amide bonds. The number of H-pyrrole nitrogens is 1. The van der Waals surface area contributed by atoms with Gasteiger partial charge >= 0.3 is 0 Å². The summed E-state index contributed by atoms with van der Waals surface area (Å²) < 4.78 is 0. The molecule has 0 radical (unpaired) electrons. The first-order chi connectivity index (χ1) is 10.3. The van der Waals surface area contributed by atoms with Gasteiger partial charge in [-0.05, 0) is 30.5 Å². The molecule has 106 valence electrons. The van der Waals surface area contributed by atoms with Gasteiger partial charge in [-0.1, -0.05) is 48.5 Å². The van der Waals surface area contributed by atoms with Gasteiger partial charge in [0.2, 0.25) is 0 Å². The zero-order chi connectivity index (χ0) is 14.7. The molecule has 3 heteroatoms. The maximum Gasteiger partial charge on any atom is 0.268 e. The number of fused-ring (bicyclic) bond motifs is 1. The third-order valence-electron chi connectivity index (χ3n) is 3.73. The predicted molar refractivity (Wildman–Crippen MR) is 85.5 cm³/mol. The van der Waals surface area contributed by atoms with E-state index in [1.54, 1.807) is 0 Å². The van der Waals surface area contributed by atoms with Crippen molar-refractivity contribution >= 4 is 16.8 Å². The molecule has 0 atom stereocenters. The van der Waals surface area contributed by atoms with Crippen LogP contribution in [-0.4, -0.2) is 17.4 Å². The second kappa shape index (κ2) is 5.83. The highest BCUT2D eigenvalue weighted by atomic mass is 16.1. The average molecular weight is 278 g/mol. The molecule has 0 unspecified atom stereocenters. The summed E-state index contributed by atoms with van der Waals surface area (Å²) in [7, 11) is 0. The second-order valence-electron chi connectivity index (χ2n) is 5.16. The van der Waals surface area contributed by atoms with Crippen LogP contribution < -0.4 is 5.32 Å². The predicted octanol–water partition coefficient (Wildman–Crippen LogP) is 3.45. The lowest BCUT2D eigenvalue weighted by atomic mass is 10.1. The number of aromatic amines is 1. The van der Waals surface area contributed by atoms with Crippen molar-refractivity contribution in [2.45, 2.75) is 13.3 Å². The Kier molecular flexibility index (Phi) is 3.73. The summed E-state index contributed by atoms with van der Waals surface area (Å²) in [5, 5.41) is 4.08. The van der Waals surface area contributed by atoms with Crippen LogP contribution in [0, 0.1) is 6.92 Å². The number of aryl methyl sites for hydroxylation is 1. The molecule has 3 rings (SSSR count). The van der Waals surface area contributed by atoms with Gasteiger partial charge in [-0.15, -0.1) is 0 Å². The van der Waals surface area contributed by atoms with Crippen molar-refractivity contribution in [1.82, 2.24) is 10.3 Å². The van der Waals surface area contributed by atoms with Crippen molar-refractivity contribution in [2.24, 2.45) is 0 Å². The minimum Gasteiger partial charge on any atom is -0.350 e. The molecule has 2 aromatic carbocycles. The monoisotopic (exact) mass is 278 g/mol. The van der Waals surface area contributed by atoms with E-state index in [9.17, 15) is 4.79 Å². The fourth-order valence-electron chi connectivity index (χ4n) is 2.56. The van der Waals surface area contributed by atoms with E-state index >= 15 is 0 Å². The molecule has 0 saturated carbocycles. The van der Waals surface area contributed by atoms with Gasteiger partial charge in [0.1, 0.15) is 5.69 Å². The highest BCUT2D eigenvalue weighted by molar-refractivity contribution is 6.00. The molecule has 3 nitrogen and oxygen atoms in total. The van der Waals surface area contributed by atoms with E-state index in [0.29, 0.717) is 12.2 Å². The fourth-order valence-corrected chi connectivity index (χ4v) is 2.56. The van der Waals surface area contributed by atoms with E-state index in [4.69, 9.17) is 0 Å². The standard InChI is InChI=1S/C18H18N2O/c1-13-15-9-5-6-10-16(15)20-17(13)18(21)19-12-11-14-7-3-2-4-8-14/h2-10,20H,11-12H2,1H3,(H,19,21). The molecule has 0 aliphatic carbocycles. The van der Waals surface area contributed by atoms with Gasteiger partial charge in [-0.3, -0.25) is 4.79 Å². The van der Waals surface area contributed by atoms with Crippen molar-refractivity contribution in [2.75, 3.05) is 6.54 Å². The molecule has 0 bridgehead atoms. The first kappa shape index (κ1) is 13.4. The number of hydrogen-bond donors (Lipinski definition) is 2. The first-order valence-corrected chi connectivity index (χ1v) is 7.15. The maximum absolute atomic E-state index is 12.3. The Hall–Kier alpha value is -2.55. The lowest BCUT2D eigenvalue weighted by molar-refractivity contribution is 0.0949.